The summed E-state index contributed by atoms with van der Waals surface area (Å²) in [7, 11) is 0. The van der Waals surface area contributed by atoms with Gasteiger partial charge in [0.25, 0.3) is 0 Å². The summed E-state index contributed by atoms with van der Waals surface area (Å²) in [6.07, 6.45) is 3.07. The van der Waals surface area contributed by atoms with Gasteiger partial charge in [0.05, 0.1) is 5.69 Å². The molecule has 0 aliphatic carbocycles. The zero-order valence-electron chi connectivity index (χ0n) is 10.1. The van der Waals surface area contributed by atoms with Crippen molar-refractivity contribution in [3.8, 4) is 0 Å². The van der Waals surface area contributed by atoms with E-state index in [1.54, 1.807) is 19.2 Å². The van der Waals surface area contributed by atoms with Gasteiger partial charge in [0.1, 0.15) is 18.6 Å². The molecule has 0 atom stereocenters. The first-order valence-corrected chi connectivity index (χ1v) is 5.47. The summed E-state index contributed by atoms with van der Waals surface area (Å²) in [6.45, 7) is 0.905. The van der Waals surface area contributed by atoms with Gasteiger partial charge in [0, 0.05) is 12.4 Å². The van der Waals surface area contributed by atoms with Crippen molar-refractivity contribution in [3.63, 3.8) is 0 Å². The second-order valence-electron chi connectivity index (χ2n) is 4.01. The molecule has 8 nitrogen and oxygen atoms in total. The molecule has 0 unspecified atom stereocenters. The second kappa shape index (κ2) is 4.92. The molecule has 2 aromatic rings. The van der Waals surface area contributed by atoms with E-state index in [1.807, 2.05) is 0 Å². The Morgan fingerprint density at radius 1 is 1.32 bits per heavy atom. The van der Waals surface area contributed by atoms with E-state index in [-0.39, 0.29) is 5.82 Å². The quantitative estimate of drug-likeness (QED) is 0.783. The number of aryl methyl sites for hydroxylation is 1. The van der Waals surface area contributed by atoms with Gasteiger partial charge in [-0.25, -0.2) is 9.50 Å². The van der Waals surface area contributed by atoms with Gasteiger partial charge in [-0.05, 0) is 13.0 Å². The van der Waals surface area contributed by atoms with Gasteiger partial charge in [0.15, 0.2) is 5.82 Å². The fraction of sp³-hybridized carbons (Fsp3) is 0.273. The molecule has 0 radical (unpaired) electrons. The number of anilines is 1. The topological polar surface area (TPSA) is 108 Å². The van der Waals surface area contributed by atoms with Crippen LogP contribution in [0.15, 0.2) is 18.5 Å². The highest BCUT2D eigenvalue weighted by molar-refractivity contribution is 5.82. The first kappa shape index (κ1) is 12.8. The molecule has 2 aromatic heterocycles. The van der Waals surface area contributed by atoms with E-state index in [2.05, 4.69) is 10.1 Å². The van der Waals surface area contributed by atoms with Gasteiger partial charge in [-0.15, -0.1) is 0 Å². The van der Waals surface area contributed by atoms with Gasteiger partial charge in [0.2, 0.25) is 0 Å². The Labute approximate surface area is 107 Å². The maximum Gasteiger partial charge on any atom is 0.323 e. The standard InChI is InChI=1S/C11H12N4O4/c1-7-4-8-11(12-2-3-15(8)13-7)14(5-9(16)17)6-10(18)19/h2-4H,5-6H2,1H3,(H,16,17)(H,18,19). The molecule has 2 N–H and O–H groups in total. The molecule has 2 heterocycles. The number of fused-ring (bicyclic) bond motifs is 1. The minimum atomic E-state index is -1.12. The number of rotatable bonds is 5. The number of hydrogen-bond acceptors (Lipinski definition) is 5. The molecule has 100 valence electrons. The highest BCUT2D eigenvalue weighted by Gasteiger charge is 2.18. The minimum Gasteiger partial charge on any atom is -0.480 e. The lowest BCUT2D eigenvalue weighted by atomic mass is 10.3. The van der Waals surface area contributed by atoms with Crippen LogP contribution in [0.4, 0.5) is 5.82 Å². The van der Waals surface area contributed by atoms with Crippen molar-refractivity contribution in [1.82, 2.24) is 14.6 Å². The third kappa shape index (κ3) is 2.79. The number of hydrogen-bond donors (Lipinski definition) is 2. The van der Waals surface area contributed by atoms with E-state index in [0.717, 1.165) is 5.69 Å². The van der Waals surface area contributed by atoms with Crippen LogP contribution in [-0.2, 0) is 9.59 Å². The maximum absolute atomic E-state index is 10.8. The zero-order valence-corrected chi connectivity index (χ0v) is 10.1. The molecular formula is C11H12N4O4. The number of carbonyl (C=O) groups is 2. The van der Waals surface area contributed by atoms with Crippen molar-refractivity contribution in [2.45, 2.75) is 6.92 Å². The normalized spacial score (nSPS) is 10.6. The number of nitrogens with zero attached hydrogens (tertiary/aromatic N) is 4. The van der Waals surface area contributed by atoms with Gasteiger partial charge in [-0.1, -0.05) is 0 Å². The predicted octanol–water partition coefficient (Wildman–Crippen LogP) is 0.0133. The Balaban J connectivity index is 2.48. The van der Waals surface area contributed by atoms with Crippen LogP contribution in [0.3, 0.4) is 0 Å². The lowest BCUT2D eigenvalue weighted by Crippen LogP contribution is -2.35. The Morgan fingerprint density at radius 3 is 2.53 bits per heavy atom. The fourth-order valence-electron chi connectivity index (χ4n) is 1.81. The van der Waals surface area contributed by atoms with Gasteiger partial charge in [-0.2, -0.15) is 5.10 Å². The van der Waals surface area contributed by atoms with Crippen molar-refractivity contribution in [2.75, 3.05) is 18.0 Å². The molecule has 0 saturated carbocycles. The van der Waals surface area contributed by atoms with Crippen LogP contribution in [0.25, 0.3) is 5.52 Å². The van der Waals surface area contributed by atoms with Crippen molar-refractivity contribution >= 4 is 23.3 Å². The Bertz CT molecular complexity index is 621. The fourth-order valence-corrected chi connectivity index (χ4v) is 1.81. The molecule has 2 rings (SSSR count). The highest BCUT2D eigenvalue weighted by atomic mass is 16.4. The van der Waals surface area contributed by atoms with Crippen molar-refractivity contribution in [3.05, 3.63) is 24.2 Å². The number of aromatic nitrogens is 3. The Kier molecular flexibility index (Phi) is 3.32. The molecule has 19 heavy (non-hydrogen) atoms. The van der Waals surface area contributed by atoms with E-state index in [0.29, 0.717) is 5.52 Å². The number of carboxylic acid groups (broad SMARTS) is 2. The van der Waals surface area contributed by atoms with Crippen molar-refractivity contribution in [1.29, 1.82) is 0 Å². The van der Waals surface area contributed by atoms with E-state index < -0.39 is 25.0 Å². The van der Waals surface area contributed by atoms with Gasteiger partial charge in [-0.3, -0.25) is 9.59 Å². The summed E-state index contributed by atoms with van der Waals surface area (Å²) in [6, 6.07) is 1.72. The van der Waals surface area contributed by atoms with Crippen molar-refractivity contribution in [2.24, 2.45) is 0 Å². The highest BCUT2D eigenvalue weighted by Crippen LogP contribution is 2.19. The molecule has 0 aliphatic rings. The number of aliphatic carboxylic acids is 2. The van der Waals surface area contributed by atoms with E-state index in [1.165, 1.54) is 15.6 Å². The smallest absolute Gasteiger partial charge is 0.323 e. The summed E-state index contributed by atoms with van der Waals surface area (Å²) >= 11 is 0. The third-order valence-corrected chi connectivity index (χ3v) is 2.44. The molecular weight excluding hydrogens is 252 g/mol. The van der Waals surface area contributed by atoms with Gasteiger partial charge < -0.3 is 15.1 Å². The first-order valence-electron chi connectivity index (χ1n) is 5.47. The average Bonchev–Trinajstić information content (AvgIpc) is 2.66. The molecule has 8 heteroatoms. The largest absolute Gasteiger partial charge is 0.480 e. The van der Waals surface area contributed by atoms with Crippen molar-refractivity contribution < 1.29 is 19.8 Å². The van der Waals surface area contributed by atoms with Crippen LogP contribution in [0.2, 0.25) is 0 Å². The molecule has 0 amide bonds. The SMILES string of the molecule is Cc1cc2c(N(CC(=O)O)CC(=O)O)nccn2n1. The van der Waals surface area contributed by atoms with E-state index in [4.69, 9.17) is 10.2 Å². The van der Waals surface area contributed by atoms with Crippen LogP contribution in [0, 0.1) is 6.92 Å². The van der Waals surface area contributed by atoms with Crippen LogP contribution < -0.4 is 4.90 Å². The zero-order chi connectivity index (χ0) is 14.0. The summed E-state index contributed by atoms with van der Waals surface area (Å²) in [5, 5.41) is 21.9. The van der Waals surface area contributed by atoms with Crippen LogP contribution in [0.5, 0.6) is 0 Å². The van der Waals surface area contributed by atoms with E-state index in [9.17, 15) is 9.59 Å². The van der Waals surface area contributed by atoms with Crippen LogP contribution >= 0.6 is 0 Å². The van der Waals surface area contributed by atoms with Gasteiger partial charge >= 0.3 is 11.9 Å². The maximum atomic E-state index is 10.8. The second-order valence-corrected chi connectivity index (χ2v) is 4.01. The predicted molar refractivity (Wildman–Crippen MR) is 65.2 cm³/mol. The number of carboxylic acids is 2. The molecule has 0 aromatic carbocycles. The molecule has 0 spiro atoms. The lowest BCUT2D eigenvalue weighted by Gasteiger charge is -2.19. The Hall–Kier alpha value is -2.64. The molecule has 0 fully saturated rings. The summed E-state index contributed by atoms with van der Waals surface area (Å²) in [4.78, 5) is 26.9. The summed E-state index contributed by atoms with van der Waals surface area (Å²) in [5.41, 5.74) is 1.31. The first-order chi connectivity index (χ1) is 8.97. The third-order valence-electron chi connectivity index (χ3n) is 2.44. The molecule has 0 saturated heterocycles. The minimum absolute atomic E-state index is 0.285. The average molecular weight is 264 g/mol. The Morgan fingerprint density at radius 2 is 1.95 bits per heavy atom. The van der Waals surface area contributed by atoms with E-state index >= 15 is 0 Å². The monoisotopic (exact) mass is 264 g/mol. The van der Waals surface area contributed by atoms with Crippen LogP contribution in [0.1, 0.15) is 5.69 Å². The molecule has 0 bridgehead atoms. The lowest BCUT2D eigenvalue weighted by molar-refractivity contribution is -0.136. The summed E-state index contributed by atoms with van der Waals surface area (Å²) < 4.78 is 1.54. The van der Waals surface area contributed by atoms with Crippen LogP contribution in [-0.4, -0.2) is 49.8 Å². The molecule has 0 aliphatic heterocycles. The summed E-state index contributed by atoms with van der Waals surface area (Å²) in [5.74, 6) is -1.96.